The van der Waals surface area contributed by atoms with E-state index in [4.69, 9.17) is 10.1 Å². The lowest BCUT2D eigenvalue weighted by molar-refractivity contribution is 0.0789. The van der Waals surface area contributed by atoms with Gasteiger partial charge in [-0.3, -0.25) is 4.98 Å². The molecule has 4 N–H and O–H groups in total. The van der Waals surface area contributed by atoms with E-state index in [0.29, 0.717) is 0 Å². The molecule has 10 heteroatoms. The minimum atomic E-state index is -3.65. The van der Waals surface area contributed by atoms with Crippen molar-refractivity contribution >= 4 is 33.0 Å². The van der Waals surface area contributed by atoms with Gasteiger partial charge in [0.25, 0.3) is 0 Å². The summed E-state index contributed by atoms with van der Waals surface area (Å²) in [6, 6.07) is 0.143. The number of nitrogens with zero attached hydrogens (tertiary/aromatic N) is 2. The summed E-state index contributed by atoms with van der Waals surface area (Å²) in [6.45, 7) is 2.83. The van der Waals surface area contributed by atoms with E-state index >= 15 is 0 Å². The second-order valence-corrected chi connectivity index (χ2v) is 11.0. The van der Waals surface area contributed by atoms with Crippen LogP contribution in [0.15, 0.2) is 14.6 Å². The molecule has 2 aromatic heterocycles. The van der Waals surface area contributed by atoms with E-state index in [0.717, 1.165) is 84.1 Å². The van der Waals surface area contributed by atoms with E-state index in [1.807, 2.05) is 0 Å². The quantitative estimate of drug-likeness (QED) is 0.680. The van der Waals surface area contributed by atoms with Crippen LogP contribution in [-0.4, -0.2) is 20.3 Å². The van der Waals surface area contributed by atoms with Gasteiger partial charge in [0.05, 0.1) is 16.2 Å². The van der Waals surface area contributed by atoms with E-state index in [2.05, 4.69) is 9.68 Å². The number of halogens is 1. The smallest absolute Gasteiger partial charge is 0.354 e. The first-order chi connectivity index (χ1) is 13.6. The van der Waals surface area contributed by atoms with Crippen LogP contribution in [0, 0.1) is 5.82 Å². The monoisotopic (exact) mass is 438 g/mol. The number of nitrogens with two attached hydrogens (primary N) is 1. The van der Waals surface area contributed by atoms with Crippen LogP contribution in [0.5, 0.6) is 0 Å². The Bertz CT molecular complexity index is 1100. The summed E-state index contributed by atoms with van der Waals surface area (Å²) in [4.78, 5) is 17.3. The number of urea groups is 1. The molecule has 4 rings (SSSR count). The van der Waals surface area contributed by atoms with Crippen molar-refractivity contribution in [3.8, 4) is 0 Å². The van der Waals surface area contributed by atoms with Gasteiger partial charge in [-0.1, -0.05) is 0 Å². The molecule has 29 heavy (non-hydrogen) atoms. The molecule has 2 heterocycles. The van der Waals surface area contributed by atoms with Crippen molar-refractivity contribution in [1.29, 1.82) is 0 Å². The van der Waals surface area contributed by atoms with Gasteiger partial charge in [-0.15, -0.1) is 15.7 Å². The zero-order valence-corrected chi connectivity index (χ0v) is 17.9. The van der Waals surface area contributed by atoms with Gasteiger partial charge in [0, 0.05) is 17.5 Å². The third kappa shape index (κ3) is 3.81. The van der Waals surface area contributed by atoms with Crippen molar-refractivity contribution in [3.05, 3.63) is 39.3 Å². The maximum Gasteiger partial charge on any atom is 0.354 e. The highest BCUT2D eigenvalue weighted by Crippen LogP contribution is 2.37. The highest BCUT2D eigenvalue weighted by Gasteiger charge is 2.28. The van der Waals surface area contributed by atoms with Crippen LogP contribution < -0.4 is 10.5 Å². The van der Waals surface area contributed by atoms with Crippen LogP contribution in [0.3, 0.4) is 0 Å². The number of aryl methyl sites for hydroxylation is 2. The van der Waals surface area contributed by atoms with Gasteiger partial charge < -0.3 is 10.4 Å². The van der Waals surface area contributed by atoms with Gasteiger partial charge in [0.2, 0.25) is 0 Å². The molecule has 0 radical (unpaired) electrons. The van der Waals surface area contributed by atoms with Crippen LogP contribution in [0.2, 0.25) is 0 Å². The van der Waals surface area contributed by atoms with Crippen LogP contribution in [0.1, 0.15) is 54.1 Å². The number of anilines is 1. The summed E-state index contributed by atoms with van der Waals surface area (Å²) in [5, 5.41) is 18.6. The number of hydrogen-bond acceptors (Lipinski definition) is 5. The summed E-state index contributed by atoms with van der Waals surface area (Å²) in [7, 11) is -3.65. The molecule has 2 aromatic rings. The zero-order valence-electron chi connectivity index (χ0n) is 16.2. The van der Waals surface area contributed by atoms with Crippen molar-refractivity contribution in [2.45, 2.75) is 62.2 Å². The molecule has 0 saturated heterocycles. The molecule has 1 atom stereocenters. The Hall–Kier alpha value is -1.88. The predicted octanol–water partition coefficient (Wildman–Crippen LogP) is 3.42. The average molecular weight is 439 g/mol. The number of carbonyl (C=O) groups is 1. The fraction of sp³-hybridized carbons (Fsp3) is 0.474. The van der Waals surface area contributed by atoms with Crippen LogP contribution in [0.25, 0.3) is 0 Å². The normalized spacial score (nSPS) is 17.6. The SMILES string of the molecule is CC(C)(O)c1sc([S@](N)(=O)=NC(=O)Nc2c3c(nc4c2CCC4)CCC3)cc1F. The standard InChI is InChI=1S/C19H23FN4O3S2/c1-19(2,26)17-12(20)9-15(28-17)29(21,27)24-18(25)23-16-10-5-3-7-13(10)22-14-8-4-6-11(14)16/h9,26H,3-8H2,1-2H3,(H3,21,22,23,24,25,27)/t29-/m1/s1. The topological polar surface area (TPSA) is 118 Å². The summed E-state index contributed by atoms with van der Waals surface area (Å²) in [5.41, 5.74) is 3.31. The second-order valence-electron chi connectivity index (χ2n) is 7.94. The first kappa shape index (κ1) is 20.4. The maximum atomic E-state index is 14.1. The predicted molar refractivity (Wildman–Crippen MR) is 110 cm³/mol. The summed E-state index contributed by atoms with van der Waals surface area (Å²) < 4.78 is 30.6. The lowest BCUT2D eigenvalue weighted by atomic mass is 10.1. The molecule has 0 bridgehead atoms. The fourth-order valence-electron chi connectivity index (χ4n) is 3.94. The van der Waals surface area contributed by atoms with Crippen molar-refractivity contribution in [3.63, 3.8) is 0 Å². The first-order valence-corrected chi connectivity index (χ1v) is 11.9. The fourth-order valence-corrected chi connectivity index (χ4v) is 6.21. The largest absolute Gasteiger partial charge is 0.385 e. The number of nitrogens with one attached hydrogen (secondary N) is 1. The van der Waals surface area contributed by atoms with Gasteiger partial charge in [-0.2, -0.15) is 0 Å². The number of hydrogen-bond donors (Lipinski definition) is 3. The lowest BCUT2D eigenvalue weighted by Gasteiger charge is -2.14. The Morgan fingerprint density at radius 1 is 1.28 bits per heavy atom. The van der Waals surface area contributed by atoms with Gasteiger partial charge in [-0.25, -0.2) is 18.5 Å². The Morgan fingerprint density at radius 2 is 1.86 bits per heavy atom. The van der Waals surface area contributed by atoms with Crippen LogP contribution in [-0.2, 0) is 41.2 Å². The molecule has 156 valence electrons. The molecular formula is C19H23FN4O3S2. The number of aliphatic hydroxyl groups is 1. The molecule has 0 fully saturated rings. The molecule has 0 aromatic carbocycles. The number of rotatable bonds is 3. The highest BCUT2D eigenvalue weighted by atomic mass is 32.2. The number of pyridine rings is 1. The molecular weight excluding hydrogens is 415 g/mol. The molecule has 0 spiro atoms. The van der Waals surface area contributed by atoms with E-state index < -0.39 is 27.4 Å². The molecule has 2 amide bonds. The minimum Gasteiger partial charge on any atom is -0.385 e. The Morgan fingerprint density at radius 3 is 2.38 bits per heavy atom. The minimum absolute atomic E-state index is 0.00828. The zero-order chi connectivity index (χ0) is 21.0. The van der Waals surface area contributed by atoms with Crippen molar-refractivity contribution < 1.29 is 18.5 Å². The number of aromatic nitrogens is 1. The summed E-state index contributed by atoms with van der Waals surface area (Å²) in [5.74, 6) is -0.726. The van der Waals surface area contributed by atoms with E-state index in [1.165, 1.54) is 13.8 Å². The van der Waals surface area contributed by atoms with Crippen LogP contribution >= 0.6 is 11.3 Å². The second kappa shape index (κ2) is 7.12. The first-order valence-electron chi connectivity index (χ1n) is 9.48. The number of fused-ring (bicyclic) bond motifs is 2. The van der Waals surface area contributed by atoms with E-state index in [9.17, 15) is 18.5 Å². The Kier molecular flexibility index (Phi) is 5.01. The van der Waals surface area contributed by atoms with Crippen molar-refractivity contribution in [2.75, 3.05) is 5.32 Å². The third-order valence-corrected chi connectivity index (χ3v) is 8.52. The van der Waals surface area contributed by atoms with Gasteiger partial charge >= 0.3 is 6.03 Å². The molecule has 2 aliphatic rings. The molecule has 0 aliphatic heterocycles. The molecule has 0 saturated carbocycles. The molecule has 2 aliphatic carbocycles. The highest BCUT2D eigenvalue weighted by molar-refractivity contribution is 7.93. The maximum absolute atomic E-state index is 14.1. The van der Waals surface area contributed by atoms with Gasteiger partial charge in [-0.05, 0) is 63.5 Å². The molecule has 7 nitrogen and oxygen atoms in total. The Balaban J connectivity index is 1.67. The Labute approximate surface area is 172 Å². The van der Waals surface area contributed by atoms with E-state index in [-0.39, 0.29) is 9.09 Å². The number of thiophene rings is 1. The molecule has 0 unspecified atom stereocenters. The lowest BCUT2D eigenvalue weighted by Crippen LogP contribution is -2.18. The number of amides is 2. The third-order valence-electron chi connectivity index (χ3n) is 5.21. The summed E-state index contributed by atoms with van der Waals surface area (Å²) in [6.07, 6.45) is 5.37. The van der Waals surface area contributed by atoms with Crippen molar-refractivity contribution in [2.24, 2.45) is 9.50 Å². The average Bonchev–Trinajstić information content (AvgIpc) is 3.31. The van der Waals surface area contributed by atoms with E-state index in [1.54, 1.807) is 0 Å². The van der Waals surface area contributed by atoms with Gasteiger partial charge in [0.15, 0.2) is 9.92 Å². The van der Waals surface area contributed by atoms with Gasteiger partial charge in [0.1, 0.15) is 10.0 Å². The van der Waals surface area contributed by atoms with Crippen molar-refractivity contribution in [1.82, 2.24) is 4.98 Å². The number of carbonyl (C=O) groups excluding carboxylic acids is 1. The summed E-state index contributed by atoms with van der Waals surface area (Å²) >= 11 is 0.753. The van der Waals surface area contributed by atoms with Crippen LogP contribution in [0.4, 0.5) is 14.9 Å².